The summed E-state index contributed by atoms with van der Waals surface area (Å²) in [7, 11) is 2.08. The van der Waals surface area contributed by atoms with Crippen LogP contribution in [0, 0.1) is 0 Å². The molecule has 1 saturated heterocycles. The smallest absolute Gasteiger partial charge is 0.250 e. The van der Waals surface area contributed by atoms with E-state index in [1.54, 1.807) is 0 Å². The van der Waals surface area contributed by atoms with Gasteiger partial charge in [-0.1, -0.05) is 37.5 Å². The first-order valence-corrected chi connectivity index (χ1v) is 10.6. The van der Waals surface area contributed by atoms with Crippen molar-refractivity contribution in [2.75, 3.05) is 33.3 Å². The van der Waals surface area contributed by atoms with Crippen LogP contribution < -0.4 is 4.74 Å². The minimum Gasteiger partial charge on any atom is -0.491 e. The molecule has 0 spiro atoms. The molecule has 1 aliphatic heterocycles. The van der Waals surface area contributed by atoms with Crippen LogP contribution >= 0.6 is 0 Å². The van der Waals surface area contributed by atoms with E-state index >= 15 is 0 Å². The lowest BCUT2D eigenvalue weighted by Gasteiger charge is -2.33. The molecule has 3 rings (SSSR count). The minimum absolute atomic E-state index is 0.0811. The molecule has 0 amide bonds. The molecule has 1 aliphatic carbocycles. The topological polar surface area (TPSA) is 35.9 Å². The Morgan fingerprint density at radius 3 is 2.57 bits per heavy atom. The van der Waals surface area contributed by atoms with Crippen molar-refractivity contribution in [2.24, 2.45) is 0 Å². The summed E-state index contributed by atoms with van der Waals surface area (Å²) in [6.45, 7) is 2.25. The van der Waals surface area contributed by atoms with E-state index in [0.29, 0.717) is 32.2 Å². The van der Waals surface area contributed by atoms with Crippen LogP contribution in [-0.2, 0) is 6.54 Å². The molecule has 2 fully saturated rings. The van der Waals surface area contributed by atoms with Crippen LogP contribution in [0.2, 0.25) is 0 Å². The van der Waals surface area contributed by atoms with Gasteiger partial charge in [-0.25, -0.2) is 8.78 Å². The number of likely N-dealkylation sites (N-methyl/N-ethyl adjacent to an activating group) is 1. The van der Waals surface area contributed by atoms with Gasteiger partial charge in [0.2, 0.25) is 0 Å². The predicted molar refractivity (Wildman–Crippen MR) is 107 cm³/mol. The first-order valence-electron chi connectivity index (χ1n) is 10.6. The molecule has 0 aromatic heterocycles. The first-order chi connectivity index (χ1) is 13.4. The third-order valence-corrected chi connectivity index (χ3v) is 6.08. The van der Waals surface area contributed by atoms with E-state index in [1.165, 1.54) is 32.1 Å². The van der Waals surface area contributed by atoms with Gasteiger partial charge in [0.25, 0.3) is 5.92 Å². The van der Waals surface area contributed by atoms with Gasteiger partial charge < -0.3 is 14.7 Å². The standard InChI is InChI=1S/C22H34F2N2O2/c1-25(19-8-3-2-4-9-19)16-20(27)17-28-21-10-6-5-7-18(21)15-26-13-11-22(23,24)12-14-26/h5-7,10,19-20,27H,2-4,8-9,11-17H2,1H3. The molecule has 1 saturated carbocycles. The number of piperidine rings is 1. The van der Waals surface area contributed by atoms with Gasteiger partial charge in [-0.05, 0) is 26.0 Å². The quantitative estimate of drug-likeness (QED) is 0.723. The fraction of sp³-hybridized carbons (Fsp3) is 0.727. The Kier molecular flexibility index (Phi) is 7.66. The molecule has 2 aliphatic rings. The third-order valence-electron chi connectivity index (χ3n) is 6.08. The van der Waals surface area contributed by atoms with E-state index in [1.807, 2.05) is 29.2 Å². The summed E-state index contributed by atoms with van der Waals surface area (Å²) >= 11 is 0. The number of rotatable bonds is 8. The fourth-order valence-corrected chi connectivity index (χ4v) is 4.30. The van der Waals surface area contributed by atoms with Gasteiger partial charge in [-0.3, -0.25) is 4.90 Å². The van der Waals surface area contributed by atoms with Crippen molar-refractivity contribution in [2.45, 2.75) is 69.6 Å². The Balaban J connectivity index is 1.47. The molecule has 1 atom stereocenters. The molecule has 1 heterocycles. The van der Waals surface area contributed by atoms with Crippen LogP contribution in [0.1, 0.15) is 50.5 Å². The maximum absolute atomic E-state index is 13.4. The lowest BCUT2D eigenvalue weighted by atomic mass is 9.94. The second-order valence-corrected chi connectivity index (χ2v) is 8.44. The number of likely N-dealkylation sites (tertiary alicyclic amines) is 1. The molecule has 1 aromatic carbocycles. The highest BCUT2D eigenvalue weighted by Crippen LogP contribution is 2.29. The maximum Gasteiger partial charge on any atom is 0.250 e. The van der Waals surface area contributed by atoms with Crippen molar-refractivity contribution in [3.8, 4) is 5.75 Å². The number of halogens is 2. The second kappa shape index (κ2) is 9.99. The number of nitrogens with zero attached hydrogens (tertiary/aromatic N) is 2. The van der Waals surface area contributed by atoms with E-state index in [0.717, 1.165) is 11.3 Å². The van der Waals surface area contributed by atoms with Crippen molar-refractivity contribution in [1.29, 1.82) is 0 Å². The zero-order chi connectivity index (χ0) is 20.0. The number of aliphatic hydroxyl groups excluding tert-OH is 1. The zero-order valence-electron chi connectivity index (χ0n) is 17.0. The Bertz CT molecular complexity index is 598. The number of para-hydroxylation sites is 1. The summed E-state index contributed by atoms with van der Waals surface area (Å²) in [6, 6.07) is 8.28. The number of ether oxygens (including phenoxy) is 1. The highest BCUT2D eigenvalue weighted by Gasteiger charge is 2.34. The lowest BCUT2D eigenvalue weighted by molar-refractivity contribution is -0.0567. The third kappa shape index (κ3) is 6.39. The van der Waals surface area contributed by atoms with Gasteiger partial charge in [0, 0.05) is 50.6 Å². The predicted octanol–water partition coefficient (Wildman–Crippen LogP) is 3.92. The average molecular weight is 397 g/mol. The molecule has 1 N–H and O–H groups in total. The largest absolute Gasteiger partial charge is 0.491 e. The molecule has 1 unspecified atom stereocenters. The van der Waals surface area contributed by atoms with E-state index in [2.05, 4.69) is 11.9 Å². The van der Waals surface area contributed by atoms with E-state index < -0.39 is 12.0 Å². The minimum atomic E-state index is -2.53. The molecular formula is C22H34F2N2O2. The number of hydrogen-bond donors (Lipinski definition) is 1. The van der Waals surface area contributed by atoms with Gasteiger partial charge in [-0.15, -0.1) is 0 Å². The number of hydrogen-bond acceptors (Lipinski definition) is 4. The molecule has 1 aromatic rings. The zero-order valence-corrected chi connectivity index (χ0v) is 17.0. The summed E-state index contributed by atoms with van der Waals surface area (Å²) in [5.41, 5.74) is 0.987. The SMILES string of the molecule is CN(CC(O)COc1ccccc1CN1CCC(F)(F)CC1)C1CCCCC1. The summed E-state index contributed by atoms with van der Waals surface area (Å²) in [4.78, 5) is 4.31. The Hall–Kier alpha value is -1.24. The summed E-state index contributed by atoms with van der Waals surface area (Å²) in [5, 5.41) is 10.4. The molecule has 158 valence electrons. The average Bonchev–Trinajstić information content (AvgIpc) is 2.69. The van der Waals surface area contributed by atoms with Gasteiger partial charge in [0.1, 0.15) is 18.5 Å². The van der Waals surface area contributed by atoms with E-state index in [4.69, 9.17) is 4.74 Å². The molecule has 6 heteroatoms. The van der Waals surface area contributed by atoms with Crippen molar-refractivity contribution >= 4 is 0 Å². The lowest BCUT2D eigenvalue weighted by Crippen LogP contribution is -2.40. The number of aliphatic hydroxyl groups is 1. The van der Waals surface area contributed by atoms with Crippen LogP contribution in [0.25, 0.3) is 0 Å². The van der Waals surface area contributed by atoms with Crippen molar-refractivity contribution < 1.29 is 18.6 Å². The normalized spacial score (nSPS) is 22.3. The van der Waals surface area contributed by atoms with Crippen molar-refractivity contribution in [3.05, 3.63) is 29.8 Å². The summed E-state index contributed by atoms with van der Waals surface area (Å²) < 4.78 is 32.6. The van der Waals surface area contributed by atoms with Crippen LogP contribution in [0.15, 0.2) is 24.3 Å². The molecule has 4 nitrogen and oxygen atoms in total. The van der Waals surface area contributed by atoms with Gasteiger partial charge >= 0.3 is 0 Å². The highest BCUT2D eigenvalue weighted by molar-refractivity contribution is 5.33. The van der Waals surface area contributed by atoms with Gasteiger partial charge in [0.15, 0.2) is 0 Å². The van der Waals surface area contributed by atoms with Gasteiger partial charge in [-0.2, -0.15) is 0 Å². The van der Waals surface area contributed by atoms with Crippen LogP contribution in [0.5, 0.6) is 5.75 Å². The molecule has 0 radical (unpaired) electrons. The van der Waals surface area contributed by atoms with Crippen molar-refractivity contribution in [1.82, 2.24) is 9.80 Å². The van der Waals surface area contributed by atoms with E-state index in [-0.39, 0.29) is 19.4 Å². The first kappa shape index (κ1) is 21.5. The molecular weight excluding hydrogens is 362 g/mol. The molecule has 0 bridgehead atoms. The Morgan fingerprint density at radius 2 is 1.86 bits per heavy atom. The number of benzene rings is 1. The Labute approximate surface area is 167 Å². The monoisotopic (exact) mass is 396 g/mol. The van der Waals surface area contributed by atoms with E-state index in [9.17, 15) is 13.9 Å². The number of alkyl halides is 2. The second-order valence-electron chi connectivity index (χ2n) is 8.44. The van der Waals surface area contributed by atoms with Crippen LogP contribution in [-0.4, -0.2) is 66.3 Å². The Morgan fingerprint density at radius 1 is 1.18 bits per heavy atom. The highest BCUT2D eigenvalue weighted by atomic mass is 19.3. The van der Waals surface area contributed by atoms with Crippen molar-refractivity contribution in [3.63, 3.8) is 0 Å². The van der Waals surface area contributed by atoms with Crippen LogP contribution in [0.4, 0.5) is 8.78 Å². The summed E-state index contributed by atoms with van der Waals surface area (Å²) in [6.07, 6.45) is 5.58. The summed E-state index contributed by atoms with van der Waals surface area (Å²) in [5.74, 6) is -1.79. The van der Waals surface area contributed by atoms with Gasteiger partial charge in [0.05, 0.1) is 0 Å². The molecule has 28 heavy (non-hydrogen) atoms. The maximum atomic E-state index is 13.4. The van der Waals surface area contributed by atoms with Crippen LogP contribution in [0.3, 0.4) is 0 Å². The fourth-order valence-electron chi connectivity index (χ4n) is 4.30.